The first-order chi connectivity index (χ1) is 13.5. The zero-order chi connectivity index (χ0) is 19.8. The number of hydrogen-bond donors (Lipinski definition) is 3. The lowest BCUT2D eigenvalue weighted by atomic mass is 9.89. The van der Waals surface area contributed by atoms with E-state index < -0.39 is 5.91 Å². The third-order valence-corrected chi connectivity index (χ3v) is 5.03. The fourth-order valence-corrected chi connectivity index (χ4v) is 3.37. The Hall–Kier alpha value is -3.40. The molecule has 10 nitrogen and oxygen atoms in total. The van der Waals surface area contributed by atoms with E-state index in [-0.39, 0.29) is 23.3 Å². The zero-order valence-corrected chi connectivity index (χ0v) is 15.5. The summed E-state index contributed by atoms with van der Waals surface area (Å²) >= 11 is 0. The van der Waals surface area contributed by atoms with E-state index >= 15 is 0 Å². The van der Waals surface area contributed by atoms with Gasteiger partial charge in [0.05, 0.1) is 12.3 Å². The first-order valence-corrected chi connectivity index (χ1v) is 8.89. The number of nitrogens with zero attached hydrogens (tertiary/aromatic N) is 4. The summed E-state index contributed by atoms with van der Waals surface area (Å²) < 4.78 is 8.49. The molecule has 0 aromatic carbocycles. The summed E-state index contributed by atoms with van der Waals surface area (Å²) in [5, 5.41) is 10.2. The van der Waals surface area contributed by atoms with Gasteiger partial charge in [0.1, 0.15) is 22.9 Å². The average Bonchev–Trinajstić information content (AvgIpc) is 3.07. The number of nitrogens with one attached hydrogen (secondary N) is 2. The van der Waals surface area contributed by atoms with E-state index in [2.05, 4.69) is 20.7 Å². The molecule has 28 heavy (non-hydrogen) atoms. The maximum absolute atomic E-state index is 12.9. The van der Waals surface area contributed by atoms with Crippen molar-refractivity contribution in [2.24, 2.45) is 5.73 Å². The molecular weight excluding hydrogens is 362 g/mol. The van der Waals surface area contributed by atoms with Gasteiger partial charge >= 0.3 is 0 Å². The highest BCUT2D eigenvalue weighted by Gasteiger charge is 2.31. The molecule has 10 heteroatoms. The van der Waals surface area contributed by atoms with Crippen molar-refractivity contribution in [3.8, 4) is 0 Å². The standard InChI is InChI=1S/C18H21N7O3/c1-20-15-8-14(23-17-12(16(19)26)9-21-25(15)17)22-13-4-3-5-24(18(13)27)10-6-11(7-10)28-2/h3-5,8-11,20H,6-7H2,1-2H3,(H2,19,26)(H,22,23). The van der Waals surface area contributed by atoms with Crippen LogP contribution in [-0.2, 0) is 4.74 Å². The predicted molar refractivity (Wildman–Crippen MR) is 104 cm³/mol. The number of carbonyl (C=O) groups excluding carboxylic acids is 1. The van der Waals surface area contributed by atoms with E-state index in [0.29, 0.717) is 23.0 Å². The molecule has 146 valence electrons. The van der Waals surface area contributed by atoms with Gasteiger partial charge in [0.15, 0.2) is 5.65 Å². The Morgan fingerprint density at radius 1 is 1.39 bits per heavy atom. The smallest absolute Gasteiger partial charge is 0.274 e. The molecule has 0 atom stereocenters. The number of ether oxygens (including phenoxy) is 1. The fourth-order valence-electron chi connectivity index (χ4n) is 3.37. The van der Waals surface area contributed by atoms with Gasteiger partial charge in [-0.2, -0.15) is 9.61 Å². The maximum atomic E-state index is 12.9. The summed E-state index contributed by atoms with van der Waals surface area (Å²) in [6.07, 6.45) is 4.97. The van der Waals surface area contributed by atoms with Gasteiger partial charge in [-0.15, -0.1) is 0 Å². The molecule has 1 aliphatic carbocycles. The van der Waals surface area contributed by atoms with Gasteiger partial charge in [-0.05, 0) is 25.0 Å². The topological polar surface area (TPSA) is 129 Å². The van der Waals surface area contributed by atoms with Crippen LogP contribution in [0.2, 0.25) is 0 Å². The Kier molecular flexibility index (Phi) is 4.47. The minimum atomic E-state index is -0.624. The minimum absolute atomic E-state index is 0.124. The van der Waals surface area contributed by atoms with E-state index in [0.717, 1.165) is 12.8 Å². The monoisotopic (exact) mass is 383 g/mol. The molecule has 3 heterocycles. The van der Waals surface area contributed by atoms with Crippen molar-refractivity contribution in [2.75, 3.05) is 24.8 Å². The summed E-state index contributed by atoms with van der Waals surface area (Å²) in [5.74, 6) is 0.373. The van der Waals surface area contributed by atoms with Gasteiger partial charge in [0.2, 0.25) is 0 Å². The average molecular weight is 383 g/mol. The molecule has 0 bridgehead atoms. The number of primary amides is 1. The molecule has 3 aromatic heterocycles. The molecule has 4 rings (SSSR count). The Balaban J connectivity index is 1.69. The van der Waals surface area contributed by atoms with Gasteiger partial charge < -0.3 is 25.7 Å². The number of aromatic nitrogens is 4. The molecule has 4 N–H and O–H groups in total. The third kappa shape index (κ3) is 2.97. The second-order valence-electron chi connectivity index (χ2n) is 6.68. The molecular formula is C18H21N7O3. The number of pyridine rings is 1. The van der Waals surface area contributed by atoms with Crippen LogP contribution in [0.5, 0.6) is 0 Å². The second-order valence-corrected chi connectivity index (χ2v) is 6.68. The van der Waals surface area contributed by atoms with E-state index in [4.69, 9.17) is 10.5 Å². The fraction of sp³-hybridized carbons (Fsp3) is 0.333. The third-order valence-electron chi connectivity index (χ3n) is 5.03. The van der Waals surface area contributed by atoms with Crippen molar-refractivity contribution in [1.82, 2.24) is 19.2 Å². The number of amides is 1. The molecule has 0 aliphatic heterocycles. The summed E-state index contributed by atoms with van der Waals surface area (Å²) in [6.45, 7) is 0. The van der Waals surface area contributed by atoms with E-state index in [1.807, 2.05) is 6.07 Å². The number of hydrogen-bond acceptors (Lipinski definition) is 7. The summed E-state index contributed by atoms with van der Waals surface area (Å²) in [7, 11) is 3.40. The summed E-state index contributed by atoms with van der Waals surface area (Å²) in [4.78, 5) is 28.9. The van der Waals surface area contributed by atoms with Crippen molar-refractivity contribution in [3.05, 3.63) is 46.5 Å². The predicted octanol–water partition coefficient (Wildman–Crippen LogP) is 1.13. The lowest BCUT2D eigenvalue weighted by molar-refractivity contribution is 0.00522. The zero-order valence-electron chi connectivity index (χ0n) is 15.5. The summed E-state index contributed by atoms with van der Waals surface area (Å²) in [5.41, 5.74) is 6.16. The lowest BCUT2D eigenvalue weighted by Gasteiger charge is -2.35. The molecule has 0 spiro atoms. The van der Waals surface area contributed by atoms with Crippen LogP contribution in [0, 0.1) is 0 Å². The highest BCUT2D eigenvalue weighted by atomic mass is 16.5. The number of carbonyl (C=O) groups is 1. The molecule has 1 aliphatic rings. The molecule has 1 amide bonds. The Morgan fingerprint density at radius 3 is 2.86 bits per heavy atom. The SMILES string of the molecule is CNc1cc(Nc2cccn(C3CC(OC)C3)c2=O)nc2c(C(N)=O)cnn12. The van der Waals surface area contributed by atoms with Crippen LogP contribution < -0.4 is 21.9 Å². The van der Waals surface area contributed by atoms with Gasteiger partial charge in [0.25, 0.3) is 11.5 Å². The van der Waals surface area contributed by atoms with Crippen LogP contribution in [0.25, 0.3) is 5.65 Å². The molecule has 3 aromatic rings. The van der Waals surface area contributed by atoms with Gasteiger partial charge in [-0.25, -0.2) is 4.98 Å². The van der Waals surface area contributed by atoms with E-state index in [1.165, 1.54) is 10.7 Å². The minimum Gasteiger partial charge on any atom is -0.381 e. The number of anilines is 3. The highest BCUT2D eigenvalue weighted by molar-refractivity contribution is 5.98. The van der Waals surface area contributed by atoms with Crippen LogP contribution in [-0.4, -0.2) is 45.3 Å². The molecule has 0 unspecified atom stereocenters. The summed E-state index contributed by atoms with van der Waals surface area (Å²) in [6, 6.07) is 5.33. The van der Waals surface area contributed by atoms with Crippen LogP contribution >= 0.6 is 0 Å². The molecule has 1 fully saturated rings. The van der Waals surface area contributed by atoms with Crippen LogP contribution in [0.3, 0.4) is 0 Å². The Morgan fingerprint density at radius 2 is 2.18 bits per heavy atom. The normalized spacial score (nSPS) is 18.6. The van der Waals surface area contributed by atoms with E-state index in [9.17, 15) is 9.59 Å². The van der Waals surface area contributed by atoms with Crippen molar-refractivity contribution in [1.29, 1.82) is 0 Å². The molecule has 1 saturated carbocycles. The van der Waals surface area contributed by atoms with Crippen LogP contribution in [0.1, 0.15) is 29.2 Å². The first kappa shape index (κ1) is 18.0. The van der Waals surface area contributed by atoms with Crippen molar-refractivity contribution < 1.29 is 9.53 Å². The van der Waals surface area contributed by atoms with Crippen molar-refractivity contribution >= 4 is 28.9 Å². The lowest BCUT2D eigenvalue weighted by Crippen LogP contribution is -2.37. The highest BCUT2D eigenvalue weighted by Crippen LogP contribution is 2.33. The number of nitrogens with two attached hydrogens (primary N) is 1. The molecule has 0 radical (unpaired) electrons. The Bertz CT molecular complexity index is 1100. The largest absolute Gasteiger partial charge is 0.381 e. The van der Waals surface area contributed by atoms with Gasteiger partial charge in [-0.3, -0.25) is 9.59 Å². The maximum Gasteiger partial charge on any atom is 0.274 e. The second kappa shape index (κ2) is 6.97. The van der Waals surface area contributed by atoms with Crippen LogP contribution in [0.4, 0.5) is 17.3 Å². The van der Waals surface area contributed by atoms with Crippen LogP contribution in [0.15, 0.2) is 35.4 Å². The Labute approximate surface area is 160 Å². The van der Waals surface area contributed by atoms with Crippen molar-refractivity contribution in [2.45, 2.75) is 25.0 Å². The van der Waals surface area contributed by atoms with E-state index in [1.54, 1.807) is 37.1 Å². The van der Waals surface area contributed by atoms with Crippen molar-refractivity contribution in [3.63, 3.8) is 0 Å². The first-order valence-electron chi connectivity index (χ1n) is 8.89. The van der Waals surface area contributed by atoms with Gasteiger partial charge in [0, 0.05) is 32.5 Å². The quantitative estimate of drug-likeness (QED) is 0.582. The number of fused-ring (bicyclic) bond motifs is 1. The number of rotatable bonds is 6. The van der Waals surface area contributed by atoms with Gasteiger partial charge in [-0.1, -0.05) is 0 Å². The molecule has 0 saturated heterocycles. The number of methoxy groups -OCH3 is 1.